The Bertz CT molecular complexity index is 1560. The summed E-state index contributed by atoms with van der Waals surface area (Å²) < 4.78 is 29.5. The Morgan fingerprint density at radius 3 is 2.09 bits per heavy atom. The molecule has 0 aromatic rings. The molecule has 2 aliphatic heterocycles. The van der Waals surface area contributed by atoms with Crippen LogP contribution in [0.1, 0.15) is 120 Å². The van der Waals surface area contributed by atoms with Gasteiger partial charge in [0.05, 0.1) is 24.7 Å². The number of rotatable bonds is 6. The topological polar surface area (TPSA) is 202 Å². The van der Waals surface area contributed by atoms with Gasteiger partial charge in [0.1, 0.15) is 36.6 Å². The third kappa shape index (κ3) is 6.18. The number of methoxy groups -OCH3 is 1. The first kappa shape index (κ1) is 42.4. The second kappa shape index (κ2) is 14.2. The molecule has 0 radical (unpaired) electrons. The summed E-state index contributed by atoms with van der Waals surface area (Å²) in [4.78, 5) is 25.8. The van der Waals surface area contributed by atoms with E-state index in [-0.39, 0.29) is 33.5 Å². The molecule has 2 saturated heterocycles. The minimum atomic E-state index is -1.76. The van der Waals surface area contributed by atoms with Gasteiger partial charge in [-0.25, -0.2) is 4.79 Å². The summed E-state index contributed by atoms with van der Waals surface area (Å²) in [6, 6.07) is 0. The maximum absolute atomic E-state index is 13.1. The molecular weight excluding hydrogens is 724 g/mol. The van der Waals surface area contributed by atoms with Gasteiger partial charge >= 0.3 is 11.9 Å². The van der Waals surface area contributed by atoms with E-state index >= 15 is 0 Å². The van der Waals surface area contributed by atoms with Gasteiger partial charge in [0.2, 0.25) is 0 Å². The normalized spacial score (nSPS) is 52.3. The third-order valence-electron chi connectivity index (χ3n) is 17.4. The summed E-state index contributed by atoms with van der Waals surface area (Å²) in [7, 11) is 1.15. The summed E-state index contributed by atoms with van der Waals surface area (Å²) in [5.74, 6) is -0.919. The molecule has 0 aromatic heterocycles. The highest BCUT2D eigenvalue weighted by molar-refractivity contribution is 5.77. The number of fused-ring (bicyclic) bond motifs is 7. The van der Waals surface area contributed by atoms with E-state index in [4.69, 9.17) is 23.7 Å². The Hall–Kier alpha value is -1.68. The van der Waals surface area contributed by atoms with Crippen LogP contribution in [0, 0.1) is 50.2 Å². The molecule has 318 valence electrons. The zero-order chi connectivity index (χ0) is 41.1. The number of carbonyl (C=O) groups is 2. The van der Waals surface area contributed by atoms with Crippen LogP contribution in [-0.2, 0) is 33.3 Å². The minimum absolute atomic E-state index is 0.0339. The number of carboxylic acids is 1. The smallest absolute Gasteiger partial charge is 0.337 e. The molecule has 4 saturated carbocycles. The van der Waals surface area contributed by atoms with Crippen LogP contribution in [0.3, 0.4) is 0 Å². The van der Waals surface area contributed by atoms with Gasteiger partial charge in [-0.15, -0.1) is 0 Å². The minimum Gasteiger partial charge on any atom is -0.481 e. The van der Waals surface area contributed by atoms with E-state index in [2.05, 4.69) is 54.5 Å². The van der Waals surface area contributed by atoms with E-state index < -0.39 is 90.3 Å². The fourth-order valence-electron chi connectivity index (χ4n) is 13.7. The Morgan fingerprint density at radius 1 is 0.750 bits per heavy atom. The molecular formula is C43H68O13. The van der Waals surface area contributed by atoms with Crippen LogP contribution < -0.4 is 0 Å². The number of aliphatic hydroxyl groups is 5. The summed E-state index contributed by atoms with van der Waals surface area (Å²) in [6.07, 6.45) is -4.51. The van der Waals surface area contributed by atoms with E-state index in [1.54, 1.807) is 0 Å². The van der Waals surface area contributed by atoms with E-state index in [0.29, 0.717) is 18.8 Å². The number of aliphatic hydroxyl groups excluding tert-OH is 5. The zero-order valence-corrected chi connectivity index (χ0v) is 34.8. The highest BCUT2D eigenvalue weighted by Crippen LogP contribution is 2.76. The van der Waals surface area contributed by atoms with Gasteiger partial charge in [-0.1, -0.05) is 60.1 Å². The van der Waals surface area contributed by atoms with Crippen molar-refractivity contribution in [3.63, 3.8) is 0 Å². The molecule has 0 amide bonds. The summed E-state index contributed by atoms with van der Waals surface area (Å²) >= 11 is 0. The lowest BCUT2D eigenvalue weighted by Crippen LogP contribution is -2.67. The van der Waals surface area contributed by atoms with Crippen LogP contribution in [0.15, 0.2) is 11.6 Å². The third-order valence-corrected chi connectivity index (χ3v) is 17.4. The number of hydrogen-bond donors (Lipinski definition) is 6. The molecule has 13 heteroatoms. The largest absolute Gasteiger partial charge is 0.481 e. The van der Waals surface area contributed by atoms with Crippen molar-refractivity contribution in [2.75, 3.05) is 7.11 Å². The summed E-state index contributed by atoms with van der Waals surface area (Å²) in [6.45, 7) is 17.9. The summed E-state index contributed by atoms with van der Waals surface area (Å²) in [5, 5.41) is 64.6. The number of carboxylic acid groups (broad SMARTS) is 1. The average Bonchev–Trinajstić information content (AvgIpc) is 3.13. The molecule has 5 aliphatic carbocycles. The number of aliphatic carboxylic acids is 1. The van der Waals surface area contributed by atoms with Gasteiger partial charge < -0.3 is 54.3 Å². The molecule has 2 heterocycles. The summed E-state index contributed by atoms with van der Waals surface area (Å²) in [5.41, 5.74) is 0.135. The van der Waals surface area contributed by atoms with Crippen molar-refractivity contribution < 1.29 is 63.9 Å². The Morgan fingerprint density at radius 2 is 1.43 bits per heavy atom. The number of ether oxygens (including phenoxy) is 5. The Balaban J connectivity index is 1.16. The van der Waals surface area contributed by atoms with Crippen LogP contribution in [0.25, 0.3) is 0 Å². The highest BCUT2D eigenvalue weighted by atomic mass is 16.8. The molecule has 56 heavy (non-hydrogen) atoms. The predicted octanol–water partition coefficient (Wildman–Crippen LogP) is 4.09. The van der Waals surface area contributed by atoms with E-state index in [0.717, 1.165) is 58.5 Å². The van der Waals surface area contributed by atoms with E-state index in [1.165, 1.54) is 12.5 Å². The molecule has 18 atom stereocenters. The molecule has 0 bridgehead atoms. The standard InChI is InChI=1S/C43H68O13/c1-21-27(44)28(45)31(48)35(53-21)56-33-30(47)29(46)32(34(49)52-9)55-36(33)54-26-13-14-40(6)24(39(26,4)5)12-15-42(8)25(40)11-10-22-23-20-38(2,3)16-18-43(23,37(50)51)19-17-41(22,42)7/h10,21,23-33,35-36,44-48H,11-20H2,1-9H3,(H,50,51)/t21-,23-,24-,25+,26-,27-,28+,29-,30-,31+,32-,33+,35-,36+,40-,41+,42+,43-/m0/s1. The van der Waals surface area contributed by atoms with Crippen molar-refractivity contribution in [1.82, 2.24) is 0 Å². The highest BCUT2D eigenvalue weighted by Gasteiger charge is 2.70. The second-order valence-corrected chi connectivity index (χ2v) is 20.9. The van der Waals surface area contributed by atoms with Crippen molar-refractivity contribution in [3.05, 3.63) is 11.6 Å². The van der Waals surface area contributed by atoms with Gasteiger partial charge in [-0.05, 0) is 116 Å². The molecule has 6 fully saturated rings. The van der Waals surface area contributed by atoms with Crippen LogP contribution in [0.2, 0.25) is 0 Å². The van der Waals surface area contributed by atoms with Gasteiger partial charge in [-0.3, -0.25) is 4.79 Å². The second-order valence-electron chi connectivity index (χ2n) is 20.9. The van der Waals surface area contributed by atoms with Crippen LogP contribution in [0.5, 0.6) is 0 Å². The first-order valence-electron chi connectivity index (χ1n) is 21.0. The van der Waals surface area contributed by atoms with Gasteiger partial charge in [0, 0.05) is 0 Å². The molecule has 0 unspecified atom stereocenters. The lowest BCUT2D eigenvalue weighted by atomic mass is 9.33. The lowest BCUT2D eigenvalue weighted by Gasteiger charge is -2.71. The fraction of sp³-hybridized carbons (Fsp3) is 0.907. The van der Waals surface area contributed by atoms with Crippen molar-refractivity contribution >= 4 is 11.9 Å². The Kier molecular flexibility index (Phi) is 10.8. The monoisotopic (exact) mass is 792 g/mol. The number of allylic oxidation sites excluding steroid dienone is 2. The van der Waals surface area contributed by atoms with E-state index in [9.17, 15) is 40.2 Å². The number of carbonyl (C=O) groups excluding carboxylic acids is 1. The van der Waals surface area contributed by atoms with Crippen LogP contribution in [0.4, 0.5) is 0 Å². The van der Waals surface area contributed by atoms with Gasteiger partial charge in [-0.2, -0.15) is 0 Å². The molecule has 0 aromatic carbocycles. The predicted molar refractivity (Wildman–Crippen MR) is 201 cm³/mol. The van der Waals surface area contributed by atoms with Gasteiger partial charge in [0.15, 0.2) is 18.7 Å². The van der Waals surface area contributed by atoms with Crippen molar-refractivity contribution in [2.24, 2.45) is 50.2 Å². The van der Waals surface area contributed by atoms with Crippen molar-refractivity contribution in [1.29, 1.82) is 0 Å². The first-order valence-corrected chi connectivity index (χ1v) is 21.0. The molecule has 6 N–H and O–H groups in total. The fourth-order valence-corrected chi connectivity index (χ4v) is 13.7. The van der Waals surface area contributed by atoms with Crippen molar-refractivity contribution in [3.8, 4) is 0 Å². The maximum Gasteiger partial charge on any atom is 0.337 e. The van der Waals surface area contributed by atoms with Crippen LogP contribution >= 0.6 is 0 Å². The van der Waals surface area contributed by atoms with Crippen LogP contribution in [-0.4, -0.2) is 117 Å². The molecule has 13 nitrogen and oxygen atoms in total. The van der Waals surface area contributed by atoms with E-state index in [1.807, 2.05) is 0 Å². The zero-order valence-electron chi connectivity index (χ0n) is 34.8. The first-order chi connectivity index (χ1) is 26.0. The Labute approximate surface area is 331 Å². The molecule has 0 spiro atoms. The SMILES string of the molecule is COC(=O)[C@H]1O[C@@H](O[C@H]2CC[C@]3(C)[C@H]4CC=C5[C@@H]6CC(C)(C)CC[C@]6(C(=O)O)CC[C@@]5(C)[C@]4(C)CC[C@H]3C2(C)C)[C@H](O[C@@H]2O[C@@H](C)[C@H](O)[C@@H](O)[C@H]2O)[C@@H](O)[C@@H]1O. The molecule has 7 rings (SSSR count). The molecule has 7 aliphatic rings. The maximum atomic E-state index is 13.1. The van der Waals surface area contributed by atoms with Crippen molar-refractivity contribution in [2.45, 2.75) is 187 Å². The number of esters is 1. The lowest BCUT2D eigenvalue weighted by molar-refractivity contribution is -0.372. The quantitative estimate of drug-likeness (QED) is 0.128. The van der Waals surface area contributed by atoms with Gasteiger partial charge in [0.25, 0.3) is 0 Å². The number of hydrogen-bond acceptors (Lipinski definition) is 12. The average molecular weight is 793 g/mol.